The van der Waals surface area contributed by atoms with Crippen molar-refractivity contribution in [3.8, 4) is 0 Å². The topological polar surface area (TPSA) is 223 Å². The largest absolute Gasteiger partial charge is 0.477 e. The van der Waals surface area contributed by atoms with Crippen LogP contribution in [0.2, 0.25) is 0 Å². The van der Waals surface area contributed by atoms with E-state index in [-0.39, 0.29) is 22.4 Å². The van der Waals surface area contributed by atoms with Gasteiger partial charge >= 0.3 is 5.97 Å². The number of oxime groups is 1. The van der Waals surface area contributed by atoms with Crippen molar-refractivity contribution < 1.29 is 24.7 Å². The number of amides is 2. The summed E-state index contributed by atoms with van der Waals surface area (Å²) in [5.74, 6) is -1.99. The summed E-state index contributed by atoms with van der Waals surface area (Å²) in [4.78, 5) is 51.0. The van der Waals surface area contributed by atoms with E-state index in [1.54, 1.807) is 23.7 Å². The van der Waals surface area contributed by atoms with Crippen LogP contribution in [0.25, 0.3) is 0 Å². The Morgan fingerprint density at radius 3 is 2.86 bits per heavy atom. The number of rotatable bonds is 10. The summed E-state index contributed by atoms with van der Waals surface area (Å²) in [7, 11) is 0. The van der Waals surface area contributed by atoms with Crippen LogP contribution in [0.15, 0.2) is 50.4 Å². The molecule has 0 radical (unpaired) electrons. The molecule has 0 saturated carbocycles. The number of hydrogen-bond acceptors (Lipinski definition) is 15. The molecule has 0 bridgehead atoms. The summed E-state index contributed by atoms with van der Waals surface area (Å²) in [6.45, 7) is 0.504. The molecule has 2 atom stereocenters. The summed E-state index contributed by atoms with van der Waals surface area (Å²) < 4.78 is 3.82. The summed E-state index contributed by atoms with van der Waals surface area (Å²) in [6, 6.07) is 0.704. The van der Waals surface area contributed by atoms with Crippen LogP contribution in [0.4, 0.5) is 5.13 Å². The van der Waals surface area contributed by atoms with Gasteiger partial charge in [-0.05, 0) is 23.1 Å². The van der Waals surface area contributed by atoms with Gasteiger partial charge < -0.3 is 27.1 Å². The number of carbonyl (C=O) groups is 3. The Balaban J connectivity index is 1.45. The molecule has 0 aromatic carbocycles. The number of fused-ring (bicyclic) bond motifs is 1. The first-order chi connectivity index (χ1) is 17.8. The number of carboxylic acids is 1. The Morgan fingerprint density at radius 1 is 1.38 bits per heavy atom. The fourth-order valence-electron chi connectivity index (χ4n) is 3.30. The average Bonchev–Trinajstić information content (AvgIpc) is 3.31. The molecule has 194 valence electrons. The Bertz CT molecular complexity index is 1310. The number of aromatic nitrogens is 4. The van der Waals surface area contributed by atoms with Gasteiger partial charge in [-0.15, -0.1) is 11.8 Å². The third-order valence-corrected chi connectivity index (χ3v) is 8.35. The molecule has 2 aliphatic rings. The highest BCUT2D eigenvalue weighted by molar-refractivity contribution is 8.02. The quantitative estimate of drug-likeness (QED) is 0.0480. The second kappa shape index (κ2) is 11.9. The highest BCUT2D eigenvalue weighted by atomic mass is 32.2. The van der Waals surface area contributed by atoms with Crippen molar-refractivity contribution in [1.29, 1.82) is 0 Å². The molecule has 2 aromatic heterocycles. The first-order valence-electron chi connectivity index (χ1n) is 10.4. The molecule has 18 heteroatoms. The molecular weight excluding hydrogens is 563 g/mol. The fourth-order valence-corrected chi connectivity index (χ4v) is 6.36. The summed E-state index contributed by atoms with van der Waals surface area (Å²) in [5, 5.41) is 26.8. The number of nitrogens with one attached hydrogen (secondary N) is 1. The maximum atomic E-state index is 12.9. The zero-order chi connectivity index (χ0) is 26.5. The van der Waals surface area contributed by atoms with Gasteiger partial charge in [0.25, 0.3) is 11.8 Å². The smallest absolute Gasteiger partial charge is 0.352 e. The average molecular weight is 582 g/mol. The van der Waals surface area contributed by atoms with Gasteiger partial charge in [-0.25, -0.2) is 14.8 Å². The van der Waals surface area contributed by atoms with E-state index in [0.29, 0.717) is 28.1 Å². The lowest BCUT2D eigenvalue weighted by molar-refractivity contribution is -0.150. The molecule has 37 heavy (non-hydrogen) atoms. The third kappa shape index (κ3) is 5.87. The molecule has 0 unspecified atom stereocenters. The van der Waals surface area contributed by atoms with Crippen LogP contribution >= 0.6 is 46.8 Å². The van der Waals surface area contributed by atoms with Crippen molar-refractivity contribution in [2.45, 2.75) is 21.6 Å². The monoisotopic (exact) mass is 581 g/mol. The first-order valence-corrected chi connectivity index (χ1v) is 14.1. The van der Waals surface area contributed by atoms with Gasteiger partial charge in [0.1, 0.15) is 22.1 Å². The van der Waals surface area contributed by atoms with Gasteiger partial charge in [0.15, 0.2) is 10.3 Å². The molecule has 2 aliphatic heterocycles. The summed E-state index contributed by atoms with van der Waals surface area (Å²) >= 11 is 4.81. The zero-order valence-electron chi connectivity index (χ0n) is 18.7. The molecule has 1 fully saturated rings. The second-order valence-corrected chi connectivity index (χ2v) is 11.1. The molecule has 0 aliphatic carbocycles. The van der Waals surface area contributed by atoms with Crippen LogP contribution in [-0.2, 0) is 14.4 Å². The van der Waals surface area contributed by atoms with Crippen LogP contribution in [0, 0.1) is 0 Å². The second-order valence-electron chi connectivity index (χ2n) is 7.18. The van der Waals surface area contributed by atoms with Gasteiger partial charge in [-0.3, -0.25) is 14.5 Å². The number of nitrogens with two attached hydrogens (primary N) is 2. The molecule has 7 N–H and O–H groups in total. The lowest BCUT2D eigenvalue weighted by Gasteiger charge is -2.49. The fraction of sp³-hybridized carbons (Fsp3) is 0.263. The van der Waals surface area contributed by atoms with Crippen LogP contribution in [0.3, 0.4) is 0 Å². The summed E-state index contributed by atoms with van der Waals surface area (Å²) in [5.41, 5.74) is 10.8. The number of thioether (sulfide) groups is 3. The van der Waals surface area contributed by atoms with E-state index in [1.165, 1.54) is 35.3 Å². The molecule has 2 amide bonds. The Morgan fingerprint density at radius 2 is 2.19 bits per heavy atom. The van der Waals surface area contributed by atoms with Crippen molar-refractivity contribution in [3.63, 3.8) is 0 Å². The van der Waals surface area contributed by atoms with Gasteiger partial charge in [-0.1, -0.05) is 28.7 Å². The highest BCUT2D eigenvalue weighted by Crippen LogP contribution is 2.41. The minimum absolute atomic E-state index is 0.0679. The number of carboxylic acid groups (broad SMARTS) is 1. The minimum atomic E-state index is -1.27. The van der Waals surface area contributed by atoms with E-state index < -0.39 is 34.9 Å². The number of nitrogen functional groups attached to an aromatic ring is 1. The number of allylic oxidation sites excluding steroid dienone is 1. The Kier molecular flexibility index (Phi) is 8.64. The van der Waals surface area contributed by atoms with Crippen molar-refractivity contribution in [2.24, 2.45) is 10.9 Å². The van der Waals surface area contributed by atoms with Gasteiger partial charge in [0.05, 0.1) is 0 Å². The number of hydrogen-bond donors (Lipinski definition) is 5. The predicted molar refractivity (Wildman–Crippen MR) is 139 cm³/mol. The van der Waals surface area contributed by atoms with Gasteiger partial charge in [0.2, 0.25) is 11.5 Å². The maximum Gasteiger partial charge on any atom is 0.352 e. The Labute approximate surface area is 226 Å². The number of aliphatic carboxylic acids is 1. The first kappa shape index (κ1) is 26.9. The van der Waals surface area contributed by atoms with Gasteiger partial charge in [0, 0.05) is 35.8 Å². The maximum absolute atomic E-state index is 12.9. The lowest BCUT2D eigenvalue weighted by Crippen LogP contribution is -2.71. The van der Waals surface area contributed by atoms with E-state index in [4.69, 9.17) is 11.5 Å². The van der Waals surface area contributed by atoms with E-state index >= 15 is 0 Å². The SMILES string of the molecule is NCCSc1nccc(S/C=C/C2=C(C(=O)O)N3C(=O)[C@@H](NC(=O)/C(=N\O)c4nsc(N)n4)[C@H]3SC2)n1. The molecule has 4 rings (SSSR count). The van der Waals surface area contributed by atoms with Crippen molar-refractivity contribution in [1.82, 2.24) is 29.5 Å². The zero-order valence-corrected chi connectivity index (χ0v) is 21.9. The van der Waals surface area contributed by atoms with Crippen molar-refractivity contribution in [2.75, 3.05) is 23.8 Å². The number of β-lactam (4-membered cyclic amide) rings is 1. The normalized spacial score (nSPS) is 19.6. The molecule has 4 heterocycles. The number of carbonyl (C=O) groups excluding carboxylic acids is 2. The molecule has 0 spiro atoms. The van der Waals surface area contributed by atoms with Crippen LogP contribution in [0.1, 0.15) is 5.82 Å². The molecule has 14 nitrogen and oxygen atoms in total. The van der Waals surface area contributed by atoms with Crippen LogP contribution < -0.4 is 16.8 Å². The van der Waals surface area contributed by atoms with Crippen molar-refractivity contribution >= 4 is 75.4 Å². The number of anilines is 1. The highest BCUT2D eigenvalue weighted by Gasteiger charge is 2.54. The standard InChI is InChI=1S/C19H19N9O5S4/c20-3-6-35-19-22-4-1-9(23-19)34-5-2-8-7-36-16-11(15(30)28(16)12(8)17(31)32)24-14(29)10(26-33)13-25-18(21)37-27-13/h1-2,4-5,11,16,33H,3,6-7,20H2,(H,24,29)(H,31,32)(H2,21,25,27)/b5-2+,26-10-/t11-,16-/m1/s1. The van der Waals surface area contributed by atoms with E-state index in [2.05, 4.69) is 29.8 Å². The van der Waals surface area contributed by atoms with Crippen LogP contribution in [0.5, 0.6) is 0 Å². The minimum Gasteiger partial charge on any atom is -0.477 e. The third-order valence-electron chi connectivity index (χ3n) is 4.87. The summed E-state index contributed by atoms with van der Waals surface area (Å²) in [6.07, 6.45) is 3.25. The van der Waals surface area contributed by atoms with Gasteiger partial charge in [-0.2, -0.15) is 9.36 Å². The van der Waals surface area contributed by atoms with E-state index in [1.807, 2.05) is 0 Å². The number of nitrogens with zero attached hydrogens (tertiary/aromatic N) is 6. The van der Waals surface area contributed by atoms with Crippen molar-refractivity contribution in [3.05, 3.63) is 40.8 Å². The van der Waals surface area contributed by atoms with E-state index in [9.17, 15) is 24.7 Å². The predicted octanol–water partition coefficient (Wildman–Crippen LogP) is 0.184. The molecular formula is C19H19N9O5S4. The Hall–Kier alpha value is -3.19. The molecule has 1 saturated heterocycles. The van der Waals surface area contributed by atoms with Crippen LogP contribution in [-0.4, -0.2) is 87.5 Å². The lowest BCUT2D eigenvalue weighted by atomic mass is 10.0. The van der Waals surface area contributed by atoms with E-state index in [0.717, 1.165) is 16.4 Å². The molecule has 2 aromatic rings.